The van der Waals surface area contributed by atoms with Crippen LogP contribution in [0.1, 0.15) is 22.3 Å². The van der Waals surface area contributed by atoms with Crippen molar-refractivity contribution in [2.24, 2.45) is 0 Å². The lowest BCUT2D eigenvalue weighted by Crippen LogP contribution is -2.08. The average Bonchev–Trinajstić information content (AvgIpc) is 2.83. The van der Waals surface area contributed by atoms with Crippen molar-refractivity contribution in [1.29, 1.82) is 0 Å². The molecule has 12 heteroatoms. The Morgan fingerprint density at radius 2 is 0.765 bits per heavy atom. The van der Waals surface area contributed by atoms with Gasteiger partial charge in [-0.1, -0.05) is 36.4 Å². The fourth-order valence-corrected chi connectivity index (χ4v) is 3.10. The molecule has 0 spiro atoms. The number of ether oxygens (including phenoxy) is 4. The van der Waals surface area contributed by atoms with Crippen molar-refractivity contribution in [3.63, 3.8) is 0 Å². The molecule has 0 radical (unpaired) electrons. The van der Waals surface area contributed by atoms with Gasteiger partial charge >= 0.3 is 36.2 Å². The first-order valence-corrected chi connectivity index (χ1v) is 10.1. The highest BCUT2D eigenvalue weighted by atomic mass is 19.1. The van der Waals surface area contributed by atoms with E-state index in [1.165, 1.54) is 0 Å². The maximum atomic E-state index is 13.9. The van der Waals surface area contributed by atoms with Gasteiger partial charge < -0.3 is 18.9 Å². The van der Waals surface area contributed by atoms with Crippen molar-refractivity contribution in [2.75, 3.05) is 0 Å². The van der Waals surface area contributed by atoms with Gasteiger partial charge in [0.2, 0.25) is 0 Å². The Balaban J connectivity index is 1.45. The molecule has 0 unspecified atom stereocenters. The van der Waals surface area contributed by atoms with Crippen molar-refractivity contribution >= 4 is 0 Å². The third-order valence-electron chi connectivity index (χ3n) is 4.59. The molecule has 5 rings (SSSR count). The monoisotopic (exact) mass is 466 g/mol. The Morgan fingerprint density at radius 3 is 1.06 bits per heavy atom. The third-order valence-corrected chi connectivity index (χ3v) is 4.59. The molecule has 8 bridgehead atoms. The van der Waals surface area contributed by atoms with Gasteiger partial charge in [-0.05, 0) is 34.4 Å². The number of hydrogen-bond donors (Lipinski definition) is 0. The summed E-state index contributed by atoms with van der Waals surface area (Å²) >= 11 is 0. The van der Waals surface area contributed by atoms with E-state index in [0.717, 1.165) is 22.3 Å². The van der Waals surface area contributed by atoms with E-state index in [4.69, 9.17) is 18.9 Å². The van der Waals surface area contributed by atoms with Gasteiger partial charge in [0.05, 0.1) is 0 Å². The topological polar surface area (TPSA) is 114 Å². The van der Waals surface area contributed by atoms with Crippen LogP contribution in [0.4, 0.5) is 8.78 Å². The van der Waals surface area contributed by atoms with Crippen LogP contribution in [0.2, 0.25) is 0 Å². The van der Waals surface area contributed by atoms with E-state index in [9.17, 15) is 8.78 Å². The Labute approximate surface area is 191 Å². The van der Waals surface area contributed by atoms with Crippen LogP contribution < -0.4 is 18.9 Å². The van der Waals surface area contributed by atoms with Gasteiger partial charge in [0.15, 0.2) is 0 Å². The zero-order chi connectivity index (χ0) is 23.3. The summed E-state index contributed by atoms with van der Waals surface area (Å²) in [6, 6.07) is 13.5. The highest BCUT2D eigenvalue weighted by Gasteiger charge is 2.12. The standard InChI is InChI=1S/C22H16F2N6O4/c23-17-25-19-29-21(27-17)33-11-15-5-2-6-16(8-15)12-34-22-28-18(24)26-20(30-22)32-10-14-4-1-3-13(7-14)9-31-19/h1-8H,9-12H2. The van der Waals surface area contributed by atoms with Crippen molar-refractivity contribution in [3.8, 4) is 24.0 Å². The lowest BCUT2D eigenvalue weighted by atomic mass is 10.1. The highest BCUT2D eigenvalue weighted by molar-refractivity contribution is 5.24. The fraction of sp³-hybridized carbons (Fsp3) is 0.182. The lowest BCUT2D eigenvalue weighted by molar-refractivity contribution is 0.235. The molecule has 0 amide bonds. The summed E-state index contributed by atoms with van der Waals surface area (Å²) in [5, 5.41) is 0. The van der Waals surface area contributed by atoms with Gasteiger partial charge in [0.25, 0.3) is 0 Å². The van der Waals surface area contributed by atoms with Gasteiger partial charge in [-0.15, -0.1) is 29.9 Å². The zero-order valence-corrected chi connectivity index (χ0v) is 17.5. The second-order valence-electron chi connectivity index (χ2n) is 7.13. The first kappa shape index (κ1) is 21.4. The van der Waals surface area contributed by atoms with Crippen molar-refractivity contribution in [2.45, 2.75) is 26.4 Å². The van der Waals surface area contributed by atoms with Crippen molar-refractivity contribution in [3.05, 3.63) is 82.9 Å². The fourth-order valence-electron chi connectivity index (χ4n) is 3.10. The predicted molar refractivity (Wildman–Crippen MR) is 110 cm³/mol. The van der Waals surface area contributed by atoms with Gasteiger partial charge in [-0.25, -0.2) is 0 Å². The lowest BCUT2D eigenvalue weighted by Gasteiger charge is -2.11. The molecule has 3 heterocycles. The number of halogens is 2. The average molecular weight is 466 g/mol. The van der Waals surface area contributed by atoms with Crippen molar-refractivity contribution < 1.29 is 27.7 Å². The molecule has 1 aliphatic heterocycles. The van der Waals surface area contributed by atoms with Gasteiger partial charge in [0.1, 0.15) is 26.4 Å². The molecule has 1 aliphatic rings. The first-order valence-electron chi connectivity index (χ1n) is 10.1. The van der Waals surface area contributed by atoms with E-state index in [2.05, 4.69) is 29.9 Å². The minimum absolute atomic E-state index is 0.0527. The number of benzene rings is 2. The Morgan fingerprint density at radius 1 is 0.471 bits per heavy atom. The van der Waals surface area contributed by atoms with E-state index >= 15 is 0 Å². The summed E-state index contributed by atoms with van der Waals surface area (Å²) in [4.78, 5) is 22.2. The summed E-state index contributed by atoms with van der Waals surface area (Å²) in [5.41, 5.74) is 2.95. The maximum Gasteiger partial charge on any atom is 0.325 e. The largest absolute Gasteiger partial charge is 0.458 e. The minimum atomic E-state index is -1.02. The molecule has 0 fully saturated rings. The molecule has 4 aromatic rings. The SMILES string of the molecule is Fc1nc2nc(n1)OCc1cccc(c1)COc1nc(F)nc(n1)OCc1cccc(c1)CO2. The molecule has 2 aromatic heterocycles. The summed E-state index contributed by atoms with van der Waals surface area (Å²) in [6.07, 6.45) is -2.04. The van der Waals surface area contributed by atoms with E-state index in [1.54, 1.807) is 48.5 Å². The molecule has 172 valence electrons. The first-order chi connectivity index (χ1) is 16.6. The second kappa shape index (κ2) is 9.57. The minimum Gasteiger partial charge on any atom is -0.458 e. The summed E-state index contributed by atoms with van der Waals surface area (Å²) < 4.78 is 49.8. The molecule has 0 N–H and O–H groups in total. The van der Waals surface area contributed by atoms with Crippen LogP contribution in [-0.4, -0.2) is 29.9 Å². The predicted octanol–water partition coefficient (Wildman–Crippen LogP) is 2.96. The molecule has 0 aliphatic carbocycles. The number of fused-ring (bicyclic) bond motifs is 8. The summed E-state index contributed by atoms with van der Waals surface area (Å²) in [7, 11) is 0. The molecular formula is C22H16F2N6O4. The van der Waals surface area contributed by atoms with E-state index in [-0.39, 0.29) is 50.5 Å². The van der Waals surface area contributed by atoms with Crippen LogP contribution in [0, 0.1) is 12.2 Å². The van der Waals surface area contributed by atoms with Gasteiger partial charge in [0, 0.05) is 0 Å². The molecular weight excluding hydrogens is 450 g/mol. The number of hydrogen-bond acceptors (Lipinski definition) is 10. The second-order valence-corrected chi connectivity index (χ2v) is 7.13. The quantitative estimate of drug-likeness (QED) is 0.383. The van der Waals surface area contributed by atoms with Gasteiger partial charge in [-0.2, -0.15) is 8.78 Å². The highest BCUT2D eigenvalue weighted by Crippen LogP contribution is 2.17. The van der Waals surface area contributed by atoms with Crippen molar-refractivity contribution in [1.82, 2.24) is 29.9 Å². The summed E-state index contributed by atoms with van der Waals surface area (Å²) in [5.74, 6) is 0. The Hall–Kier alpha value is -4.48. The molecule has 10 nitrogen and oxygen atoms in total. The van der Waals surface area contributed by atoms with E-state index < -0.39 is 12.2 Å². The number of nitrogens with zero attached hydrogens (tertiary/aromatic N) is 6. The molecule has 0 saturated heterocycles. The Kier molecular flexibility index (Phi) is 6.01. The molecule has 0 saturated carbocycles. The van der Waals surface area contributed by atoms with Crippen LogP contribution in [0.15, 0.2) is 48.5 Å². The van der Waals surface area contributed by atoms with Crippen LogP contribution in [-0.2, 0) is 26.4 Å². The normalized spacial score (nSPS) is 13.5. The third kappa shape index (κ3) is 5.46. The van der Waals surface area contributed by atoms with Crippen LogP contribution in [0.5, 0.6) is 24.0 Å². The van der Waals surface area contributed by atoms with Crippen LogP contribution in [0.3, 0.4) is 0 Å². The van der Waals surface area contributed by atoms with Gasteiger partial charge in [-0.3, -0.25) is 0 Å². The van der Waals surface area contributed by atoms with Crippen LogP contribution >= 0.6 is 0 Å². The summed E-state index contributed by atoms with van der Waals surface area (Å²) in [6.45, 7) is 0.211. The zero-order valence-electron chi connectivity index (χ0n) is 17.5. The van der Waals surface area contributed by atoms with Crippen LogP contribution in [0.25, 0.3) is 0 Å². The molecule has 2 aromatic carbocycles. The van der Waals surface area contributed by atoms with E-state index in [0.29, 0.717) is 0 Å². The molecule has 34 heavy (non-hydrogen) atoms. The number of rotatable bonds is 0. The maximum absolute atomic E-state index is 13.9. The Bertz CT molecular complexity index is 1140. The van der Waals surface area contributed by atoms with E-state index in [1.807, 2.05) is 0 Å². The number of aromatic nitrogens is 6. The molecule has 0 atom stereocenters. The smallest absolute Gasteiger partial charge is 0.325 e.